The first-order valence-corrected chi connectivity index (χ1v) is 6.89. The molecule has 1 atom stereocenters. The van der Waals surface area contributed by atoms with Gasteiger partial charge in [0.25, 0.3) is 0 Å². The minimum Gasteiger partial charge on any atom is -0.310 e. The van der Waals surface area contributed by atoms with Crippen LogP contribution in [-0.4, -0.2) is 11.5 Å². The SMILES string of the molecule is CCCNC(c1cccnc1C)C(CC)CC. The van der Waals surface area contributed by atoms with Crippen molar-refractivity contribution >= 4 is 0 Å². The fourth-order valence-electron chi connectivity index (χ4n) is 2.42. The smallest absolute Gasteiger partial charge is 0.0420 e. The molecule has 0 aliphatic carbocycles. The number of rotatable bonds is 7. The molecule has 1 aromatic heterocycles. The summed E-state index contributed by atoms with van der Waals surface area (Å²) in [6, 6.07) is 4.72. The molecule has 96 valence electrons. The molecule has 0 saturated heterocycles. The summed E-state index contributed by atoms with van der Waals surface area (Å²) in [5.41, 5.74) is 2.53. The number of nitrogens with zero attached hydrogens (tertiary/aromatic N) is 1. The molecule has 0 aromatic carbocycles. The number of aryl methyl sites for hydroxylation is 1. The molecule has 0 fully saturated rings. The number of aromatic nitrogens is 1. The predicted molar refractivity (Wildman–Crippen MR) is 74.1 cm³/mol. The molecule has 1 N–H and O–H groups in total. The molecule has 0 amide bonds. The van der Waals surface area contributed by atoms with Gasteiger partial charge in [-0.2, -0.15) is 0 Å². The van der Waals surface area contributed by atoms with Gasteiger partial charge in [0, 0.05) is 17.9 Å². The Labute approximate surface area is 106 Å². The van der Waals surface area contributed by atoms with Crippen LogP contribution in [0.3, 0.4) is 0 Å². The number of hydrogen-bond donors (Lipinski definition) is 1. The normalized spacial score (nSPS) is 13.0. The third-order valence-electron chi connectivity index (χ3n) is 3.52. The predicted octanol–water partition coefficient (Wildman–Crippen LogP) is 3.87. The Hall–Kier alpha value is -0.890. The molecule has 0 spiro atoms. The minimum atomic E-state index is 0.457. The highest BCUT2D eigenvalue weighted by Crippen LogP contribution is 2.28. The van der Waals surface area contributed by atoms with E-state index in [1.54, 1.807) is 0 Å². The first kappa shape index (κ1) is 14.2. The second kappa shape index (κ2) is 7.44. The van der Waals surface area contributed by atoms with Crippen LogP contribution in [0.25, 0.3) is 0 Å². The van der Waals surface area contributed by atoms with Gasteiger partial charge in [-0.15, -0.1) is 0 Å². The molecule has 1 rings (SSSR count). The molecule has 2 heteroatoms. The Morgan fingerprint density at radius 1 is 1.24 bits per heavy atom. The van der Waals surface area contributed by atoms with E-state index >= 15 is 0 Å². The summed E-state index contributed by atoms with van der Waals surface area (Å²) in [7, 11) is 0. The summed E-state index contributed by atoms with van der Waals surface area (Å²) in [6.45, 7) is 9.96. The maximum absolute atomic E-state index is 4.42. The molecule has 2 nitrogen and oxygen atoms in total. The number of hydrogen-bond acceptors (Lipinski definition) is 2. The lowest BCUT2D eigenvalue weighted by Crippen LogP contribution is -2.29. The van der Waals surface area contributed by atoms with E-state index in [0.717, 1.165) is 12.2 Å². The van der Waals surface area contributed by atoms with E-state index in [1.807, 2.05) is 12.3 Å². The van der Waals surface area contributed by atoms with Gasteiger partial charge >= 0.3 is 0 Å². The van der Waals surface area contributed by atoms with Crippen molar-refractivity contribution in [1.29, 1.82) is 0 Å². The Kier molecular flexibility index (Phi) is 6.20. The highest BCUT2D eigenvalue weighted by Gasteiger charge is 2.21. The van der Waals surface area contributed by atoms with E-state index in [2.05, 4.69) is 44.1 Å². The van der Waals surface area contributed by atoms with Gasteiger partial charge in [0.05, 0.1) is 0 Å². The van der Waals surface area contributed by atoms with Gasteiger partial charge in [-0.1, -0.05) is 39.7 Å². The van der Waals surface area contributed by atoms with Crippen LogP contribution in [0, 0.1) is 12.8 Å². The summed E-state index contributed by atoms with van der Waals surface area (Å²) in [5, 5.41) is 3.69. The van der Waals surface area contributed by atoms with Crippen LogP contribution in [0.4, 0.5) is 0 Å². The van der Waals surface area contributed by atoms with Crippen molar-refractivity contribution < 1.29 is 0 Å². The van der Waals surface area contributed by atoms with E-state index < -0.39 is 0 Å². The minimum absolute atomic E-state index is 0.457. The maximum Gasteiger partial charge on any atom is 0.0420 e. The van der Waals surface area contributed by atoms with Crippen molar-refractivity contribution in [3.63, 3.8) is 0 Å². The second-order valence-corrected chi connectivity index (χ2v) is 4.69. The van der Waals surface area contributed by atoms with Crippen LogP contribution in [0.1, 0.15) is 57.3 Å². The summed E-state index contributed by atoms with van der Waals surface area (Å²) < 4.78 is 0. The average molecular weight is 234 g/mol. The Morgan fingerprint density at radius 2 is 1.94 bits per heavy atom. The lowest BCUT2D eigenvalue weighted by atomic mass is 9.88. The molecule has 17 heavy (non-hydrogen) atoms. The van der Waals surface area contributed by atoms with Gasteiger partial charge in [0.1, 0.15) is 0 Å². The number of pyridine rings is 1. The largest absolute Gasteiger partial charge is 0.310 e. The van der Waals surface area contributed by atoms with Gasteiger partial charge in [-0.05, 0) is 37.4 Å². The van der Waals surface area contributed by atoms with E-state index in [9.17, 15) is 0 Å². The first-order chi connectivity index (χ1) is 8.24. The Morgan fingerprint density at radius 3 is 2.47 bits per heavy atom. The van der Waals surface area contributed by atoms with Crippen LogP contribution in [0.5, 0.6) is 0 Å². The summed E-state index contributed by atoms with van der Waals surface area (Å²) >= 11 is 0. The van der Waals surface area contributed by atoms with Crippen molar-refractivity contribution in [3.8, 4) is 0 Å². The number of nitrogens with one attached hydrogen (secondary N) is 1. The highest BCUT2D eigenvalue weighted by atomic mass is 14.9. The molecule has 0 bridgehead atoms. The molecule has 0 saturated carbocycles. The van der Waals surface area contributed by atoms with Crippen LogP contribution >= 0.6 is 0 Å². The summed E-state index contributed by atoms with van der Waals surface area (Å²) in [5.74, 6) is 0.699. The topological polar surface area (TPSA) is 24.9 Å². The third-order valence-corrected chi connectivity index (χ3v) is 3.52. The van der Waals surface area contributed by atoms with Crippen LogP contribution in [-0.2, 0) is 0 Å². The Bertz CT molecular complexity index is 318. The van der Waals surface area contributed by atoms with Crippen molar-refractivity contribution in [2.75, 3.05) is 6.54 Å². The standard InChI is InChI=1S/C15H26N2/c1-5-10-17-15(13(6-2)7-3)14-9-8-11-16-12(14)4/h8-9,11,13,15,17H,5-7,10H2,1-4H3. The lowest BCUT2D eigenvalue weighted by Gasteiger charge is -2.27. The molecule has 0 aliphatic heterocycles. The van der Waals surface area contributed by atoms with E-state index in [4.69, 9.17) is 0 Å². The zero-order valence-corrected chi connectivity index (χ0v) is 11.7. The maximum atomic E-state index is 4.42. The monoisotopic (exact) mass is 234 g/mol. The highest BCUT2D eigenvalue weighted by molar-refractivity contribution is 5.23. The van der Waals surface area contributed by atoms with Crippen molar-refractivity contribution in [2.24, 2.45) is 5.92 Å². The molecule has 1 heterocycles. The second-order valence-electron chi connectivity index (χ2n) is 4.69. The fraction of sp³-hybridized carbons (Fsp3) is 0.667. The zero-order chi connectivity index (χ0) is 12.7. The lowest BCUT2D eigenvalue weighted by molar-refractivity contribution is 0.340. The van der Waals surface area contributed by atoms with Crippen LogP contribution < -0.4 is 5.32 Å². The van der Waals surface area contributed by atoms with E-state index in [1.165, 1.54) is 24.8 Å². The molecule has 0 aliphatic rings. The fourth-order valence-corrected chi connectivity index (χ4v) is 2.42. The molecule has 1 aromatic rings. The van der Waals surface area contributed by atoms with Crippen molar-refractivity contribution in [1.82, 2.24) is 10.3 Å². The van der Waals surface area contributed by atoms with Gasteiger partial charge in [0.2, 0.25) is 0 Å². The van der Waals surface area contributed by atoms with Crippen LogP contribution in [0.15, 0.2) is 18.3 Å². The summed E-state index contributed by atoms with van der Waals surface area (Å²) in [4.78, 5) is 4.42. The first-order valence-electron chi connectivity index (χ1n) is 6.89. The summed E-state index contributed by atoms with van der Waals surface area (Å²) in [6.07, 6.45) is 5.48. The molecule has 0 radical (unpaired) electrons. The molecular formula is C15H26N2. The third kappa shape index (κ3) is 3.81. The van der Waals surface area contributed by atoms with Crippen molar-refractivity contribution in [2.45, 2.75) is 53.0 Å². The van der Waals surface area contributed by atoms with Gasteiger partial charge in [-0.25, -0.2) is 0 Å². The quantitative estimate of drug-likeness (QED) is 0.774. The van der Waals surface area contributed by atoms with Gasteiger partial charge in [-0.3, -0.25) is 4.98 Å². The molecular weight excluding hydrogens is 208 g/mol. The van der Waals surface area contributed by atoms with Crippen molar-refractivity contribution in [3.05, 3.63) is 29.6 Å². The van der Waals surface area contributed by atoms with Gasteiger partial charge in [0.15, 0.2) is 0 Å². The van der Waals surface area contributed by atoms with E-state index in [-0.39, 0.29) is 0 Å². The Balaban J connectivity index is 2.92. The van der Waals surface area contributed by atoms with Crippen LogP contribution in [0.2, 0.25) is 0 Å². The van der Waals surface area contributed by atoms with Gasteiger partial charge < -0.3 is 5.32 Å². The zero-order valence-electron chi connectivity index (χ0n) is 11.7. The molecule has 1 unspecified atom stereocenters. The average Bonchev–Trinajstić information content (AvgIpc) is 2.36. The van der Waals surface area contributed by atoms with E-state index in [0.29, 0.717) is 12.0 Å².